The summed E-state index contributed by atoms with van der Waals surface area (Å²) in [5, 5.41) is 0. The molecule has 0 bridgehead atoms. The van der Waals surface area contributed by atoms with Crippen LogP contribution in [0.3, 0.4) is 0 Å². The van der Waals surface area contributed by atoms with Crippen LogP contribution >= 0.6 is 15.9 Å². The molecule has 2 heterocycles. The first-order chi connectivity index (χ1) is 12.3. The average molecular weight is 435 g/mol. The van der Waals surface area contributed by atoms with E-state index in [4.69, 9.17) is 0 Å². The van der Waals surface area contributed by atoms with Crippen LogP contribution in [-0.4, -0.2) is 20.9 Å². The summed E-state index contributed by atoms with van der Waals surface area (Å²) >= 11 is 3.39. The van der Waals surface area contributed by atoms with E-state index < -0.39 is 10.0 Å². The number of carbonyl (C=O) groups excluding carboxylic acids is 1. The zero-order valence-electron chi connectivity index (χ0n) is 14.4. The van der Waals surface area contributed by atoms with Gasteiger partial charge in [0.05, 0.1) is 16.3 Å². The molecular weight excluding hydrogens is 416 g/mol. The second kappa shape index (κ2) is 6.39. The molecule has 2 aromatic rings. The zero-order chi connectivity index (χ0) is 18.5. The average Bonchev–Trinajstić information content (AvgIpc) is 2.60. The maximum atomic E-state index is 13.0. The van der Waals surface area contributed by atoms with E-state index in [1.54, 1.807) is 18.2 Å². The van der Waals surface area contributed by atoms with Crippen molar-refractivity contribution in [1.82, 2.24) is 0 Å². The third-order valence-corrected chi connectivity index (χ3v) is 6.83. The van der Waals surface area contributed by atoms with Crippen LogP contribution in [0.25, 0.3) is 0 Å². The summed E-state index contributed by atoms with van der Waals surface area (Å²) in [6.45, 7) is 2.59. The van der Waals surface area contributed by atoms with Crippen molar-refractivity contribution in [2.45, 2.75) is 37.5 Å². The summed E-state index contributed by atoms with van der Waals surface area (Å²) in [5.74, 6) is 0.137. The molecule has 0 saturated heterocycles. The lowest BCUT2D eigenvalue weighted by molar-refractivity contribution is -0.119. The molecule has 0 aromatic heterocycles. The molecule has 2 aliphatic rings. The Hall–Kier alpha value is -1.86. The van der Waals surface area contributed by atoms with E-state index in [1.165, 1.54) is 0 Å². The minimum absolute atomic E-state index is 0.137. The Kier molecular flexibility index (Phi) is 4.31. The Morgan fingerprint density at radius 1 is 1.08 bits per heavy atom. The predicted octanol–water partition coefficient (Wildman–Crippen LogP) is 3.78. The summed E-state index contributed by atoms with van der Waals surface area (Å²) in [5.41, 5.74) is 4.26. The normalized spacial score (nSPS) is 16.4. The van der Waals surface area contributed by atoms with Crippen LogP contribution in [0, 0.1) is 6.92 Å². The molecule has 2 aliphatic heterocycles. The number of halogens is 1. The lowest BCUT2D eigenvalue weighted by Gasteiger charge is -2.35. The van der Waals surface area contributed by atoms with Crippen LogP contribution in [-0.2, 0) is 27.7 Å². The van der Waals surface area contributed by atoms with Crippen LogP contribution in [0.5, 0.6) is 0 Å². The molecule has 7 heteroatoms. The molecule has 2 aromatic carbocycles. The van der Waals surface area contributed by atoms with Gasteiger partial charge in [-0.15, -0.1) is 0 Å². The van der Waals surface area contributed by atoms with E-state index in [2.05, 4.69) is 20.7 Å². The largest absolute Gasteiger partial charge is 0.312 e. The van der Waals surface area contributed by atoms with E-state index in [1.807, 2.05) is 24.0 Å². The molecule has 0 radical (unpaired) electrons. The molecule has 136 valence electrons. The van der Waals surface area contributed by atoms with Crippen LogP contribution in [0.1, 0.15) is 29.5 Å². The maximum Gasteiger partial charge on any atom is 0.261 e. The number of anilines is 2. The highest BCUT2D eigenvalue weighted by atomic mass is 79.9. The van der Waals surface area contributed by atoms with Gasteiger partial charge in [0.15, 0.2) is 0 Å². The van der Waals surface area contributed by atoms with Crippen molar-refractivity contribution in [1.29, 1.82) is 0 Å². The fourth-order valence-corrected chi connectivity index (χ4v) is 5.43. The monoisotopic (exact) mass is 434 g/mol. The molecule has 1 amide bonds. The molecule has 26 heavy (non-hydrogen) atoms. The Morgan fingerprint density at radius 2 is 1.81 bits per heavy atom. The van der Waals surface area contributed by atoms with E-state index in [9.17, 15) is 13.2 Å². The maximum absolute atomic E-state index is 13.0. The first-order valence-electron chi connectivity index (χ1n) is 8.60. The van der Waals surface area contributed by atoms with Gasteiger partial charge in [0.25, 0.3) is 10.0 Å². The number of aryl methyl sites for hydroxylation is 3. The summed E-state index contributed by atoms with van der Waals surface area (Å²) in [4.78, 5) is 14.2. The molecule has 0 spiro atoms. The van der Waals surface area contributed by atoms with Gasteiger partial charge < -0.3 is 4.90 Å². The van der Waals surface area contributed by atoms with Gasteiger partial charge in [0.1, 0.15) is 0 Å². The minimum atomic E-state index is -3.69. The van der Waals surface area contributed by atoms with Gasteiger partial charge in [0.2, 0.25) is 5.91 Å². The van der Waals surface area contributed by atoms with Gasteiger partial charge in [-0.3, -0.25) is 9.52 Å². The topological polar surface area (TPSA) is 66.5 Å². The Morgan fingerprint density at radius 3 is 2.54 bits per heavy atom. The van der Waals surface area contributed by atoms with E-state index in [-0.39, 0.29) is 10.8 Å². The Bertz CT molecular complexity index is 1000. The molecule has 0 atom stereocenters. The fraction of sp³-hybridized carbons (Fsp3) is 0.316. The number of carbonyl (C=O) groups is 1. The van der Waals surface area contributed by atoms with Gasteiger partial charge in [-0.05, 0) is 73.2 Å². The molecular formula is C19H19BrN2O3S. The van der Waals surface area contributed by atoms with E-state index >= 15 is 0 Å². The number of amides is 1. The van der Waals surface area contributed by atoms with Crippen molar-refractivity contribution in [3.63, 3.8) is 0 Å². The summed E-state index contributed by atoms with van der Waals surface area (Å²) in [6.07, 6.45) is 2.70. The van der Waals surface area contributed by atoms with Crippen LogP contribution in [0.15, 0.2) is 39.7 Å². The third-order valence-electron chi connectivity index (χ3n) is 4.99. The molecule has 0 fully saturated rings. The van der Waals surface area contributed by atoms with Crippen molar-refractivity contribution in [3.8, 4) is 0 Å². The van der Waals surface area contributed by atoms with Crippen molar-refractivity contribution in [2.75, 3.05) is 16.2 Å². The highest BCUT2D eigenvalue weighted by molar-refractivity contribution is 9.10. The van der Waals surface area contributed by atoms with Crippen LogP contribution in [0.4, 0.5) is 11.4 Å². The highest BCUT2D eigenvalue weighted by Gasteiger charge is 2.31. The number of nitrogens with zero attached hydrogens (tertiary/aromatic N) is 1. The van der Waals surface area contributed by atoms with Crippen molar-refractivity contribution in [2.24, 2.45) is 0 Å². The second-order valence-electron chi connectivity index (χ2n) is 6.80. The lowest BCUT2D eigenvalue weighted by atomic mass is 9.92. The zero-order valence-corrected chi connectivity index (χ0v) is 16.8. The SMILES string of the molecule is Cc1cc(Br)ccc1NS(=O)(=O)c1cc2c3c(c1)CCC(=O)N3CCC2. The lowest BCUT2D eigenvalue weighted by Crippen LogP contribution is -2.39. The smallest absolute Gasteiger partial charge is 0.261 e. The molecule has 0 aliphatic carbocycles. The number of sulfonamides is 1. The molecule has 0 unspecified atom stereocenters. The molecule has 5 nitrogen and oxygen atoms in total. The molecule has 4 rings (SSSR count). The molecule has 1 N–H and O–H groups in total. The van der Waals surface area contributed by atoms with Crippen LogP contribution in [0.2, 0.25) is 0 Å². The summed E-state index contributed by atoms with van der Waals surface area (Å²) in [6, 6.07) is 8.88. The predicted molar refractivity (Wildman–Crippen MR) is 105 cm³/mol. The molecule has 0 saturated carbocycles. The van der Waals surface area contributed by atoms with E-state index in [0.29, 0.717) is 18.5 Å². The number of benzene rings is 2. The van der Waals surface area contributed by atoms with E-state index in [0.717, 1.165) is 46.2 Å². The van der Waals surface area contributed by atoms with Gasteiger partial charge in [0, 0.05) is 17.4 Å². The van der Waals surface area contributed by atoms with Crippen LogP contribution < -0.4 is 9.62 Å². The second-order valence-corrected chi connectivity index (χ2v) is 9.40. The first-order valence-corrected chi connectivity index (χ1v) is 10.9. The van der Waals surface area contributed by atoms with Gasteiger partial charge in [-0.2, -0.15) is 0 Å². The first kappa shape index (κ1) is 17.5. The minimum Gasteiger partial charge on any atom is -0.312 e. The van der Waals surface area contributed by atoms with Crippen molar-refractivity contribution >= 4 is 43.2 Å². The van der Waals surface area contributed by atoms with Gasteiger partial charge >= 0.3 is 0 Å². The summed E-state index contributed by atoms with van der Waals surface area (Å²) < 4.78 is 29.5. The standard InChI is InChI=1S/C19H19BrN2O3S/c1-12-9-15(20)5-6-17(12)21-26(24,25)16-10-13-3-2-8-22-18(23)7-4-14(11-16)19(13)22/h5-6,9-11,21H,2-4,7-8H2,1H3. The van der Waals surface area contributed by atoms with Gasteiger partial charge in [-0.1, -0.05) is 15.9 Å². The van der Waals surface area contributed by atoms with Crippen molar-refractivity contribution < 1.29 is 13.2 Å². The number of hydrogen-bond donors (Lipinski definition) is 1. The number of nitrogens with one attached hydrogen (secondary N) is 1. The Balaban J connectivity index is 1.75. The number of rotatable bonds is 3. The summed E-state index contributed by atoms with van der Waals surface area (Å²) in [7, 11) is -3.69. The quantitative estimate of drug-likeness (QED) is 0.798. The number of hydrogen-bond acceptors (Lipinski definition) is 3. The highest BCUT2D eigenvalue weighted by Crippen LogP contribution is 2.38. The Labute approximate surface area is 161 Å². The van der Waals surface area contributed by atoms with Crippen molar-refractivity contribution in [3.05, 3.63) is 51.5 Å². The van der Waals surface area contributed by atoms with Gasteiger partial charge in [-0.25, -0.2) is 8.42 Å². The third kappa shape index (κ3) is 3.03. The fourth-order valence-electron chi connectivity index (χ4n) is 3.72.